The van der Waals surface area contributed by atoms with Crippen LogP contribution in [0.15, 0.2) is 23.8 Å². The van der Waals surface area contributed by atoms with E-state index in [-0.39, 0.29) is 12.0 Å². The van der Waals surface area contributed by atoms with Crippen LogP contribution in [0.1, 0.15) is 6.42 Å². The number of hydrogen-bond acceptors (Lipinski definition) is 4. The molecule has 5 N–H and O–H groups in total. The Hall–Kier alpha value is -1.66. The Bertz CT molecular complexity index is 334. The first kappa shape index (κ1) is 10.4. The zero-order valence-corrected chi connectivity index (χ0v) is 7.23. The molecular formula is C8H10N2O4. The van der Waals surface area contributed by atoms with Crippen molar-refractivity contribution in [3.63, 3.8) is 0 Å². The molecule has 0 fully saturated rings. The van der Waals surface area contributed by atoms with E-state index in [4.69, 9.17) is 16.1 Å². The Kier molecular flexibility index (Phi) is 2.68. The summed E-state index contributed by atoms with van der Waals surface area (Å²) in [5.74, 6) is 2.87. The lowest BCUT2D eigenvalue weighted by molar-refractivity contribution is -0.143. The third kappa shape index (κ3) is 1.66. The lowest BCUT2D eigenvalue weighted by Gasteiger charge is -2.25. The number of carbonyl (C=O) groups is 2. The molecule has 1 aliphatic rings. The topological polar surface area (TPSA) is 113 Å². The largest absolute Gasteiger partial charge is 0.480 e. The van der Waals surface area contributed by atoms with E-state index >= 15 is 0 Å². The van der Waals surface area contributed by atoms with Gasteiger partial charge in [-0.1, -0.05) is 12.2 Å². The summed E-state index contributed by atoms with van der Waals surface area (Å²) in [4.78, 5) is 21.3. The summed E-state index contributed by atoms with van der Waals surface area (Å²) in [6.07, 6.45) is 3.78. The molecule has 0 saturated heterocycles. The van der Waals surface area contributed by atoms with Crippen molar-refractivity contribution in [3.05, 3.63) is 23.8 Å². The fourth-order valence-corrected chi connectivity index (χ4v) is 1.13. The van der Waals surface area contributed by atoms with Gasteiger partial charge >= 0.3 is 11.9 Å². The van der Waals surface area contributed by atoms with Gasteiger partial charge in [-0.3, -0.25) is 5.84 Å². The number of hydrogen-bond donors (Lipinski definition) is 4. The van der Waals surface area contributed by atoms with E-state index in [0.717, 1.165) is 0 Å². The van der Waals surface area contributed by atoms with E-state index in [9.17, 15) is 9.59 Å². The number of carboxylic acid groups (broad SMARTS) is 2. The summed E-state index contributed by atoms with van der Waals surface area (Å²) < 4.78 is 0. The minimum absolute atomic E-state index is 0.0109. The van der Waals surface area contributed by atoms with Crippen molar-refractivity contribution in [2.24, 2.45) is 5.84 Å². The molecule has 14 heavy (non-hydrogen) atoms. The molecule has 0 aromatic heterocycles. The second-order valence-corrected chi connectivity index (χ2v) is 2.92. The first-order chi connectivity index (χ1) is 6.52. The van der Waals surface area contributed by atoms with E-state index in [1.54, 1.807) is 0 Å². The van der Waals surface area contributed by atoms with Crippen LogP contribution in [0.3, 0.4) is 0 Å². The third-order valence-corrected chi connectivity index (χ3v) is 2.08. The summed E-state index contributed by atoms with van der Waals surface area (Å²) in [6, 6.07) is 0. The zero-order valence-electron chi connectivity index (χ0n) is 7.23. The van der Waals surface area contributed by atoms with Gasteiger partial charge in [0, 0.05) is 6.42 Å². The quantitative estimate of drug-likeness (QED) is 0.350. The average molecular weight is 198 g/mol. The molecular weight excluding hydrogens is 188 g/mol. The SMILES string of the molecule is NNC1(C(=O)O)C=CC(C(=O)O)=CC1. The summed E-state index contributed by atoms with van der Waals surface area (Å²) in [6.45, 7) is 0. The summed E-state index contributed by atoms with van der Waals surface area (Å²) in [5.41, 5.74) is 0.829. The molecule has 0 aromatic carbocycles. The van der Waals surface area contributed by atoms with Crippen LogP contribution < -0.4 is 11.3 Å². The van der Waals surface area contributed by atoms with Crippen LogP contribution in [-0.2, 0) is 9.59 Å². The van der Waals surface area contributed by atoms with Gasteiger partial charge in [0.25, 0.3) is 0 Å². The Morgan fingerprint density at radius 2 is 2.14 bits per heavy atom. The number of nitrogens with two attached hydrogens (primary N) is 1. The van der Waals surface area contributed by atoms with Crippen LogP contribution in [0, 0.1) is 0 Å². The van der Waals surface area contributed by atoms with E-state index in [0.29, 0.717) is 0 Å². The molecule has 6 nitrogen and oxygen atoms in total. The molecule has 1 rings (SSSR count). The van der Waals surface area contributed by atoms with Gasteiger partial charge in [-0.15, -0.1) is 0 Å². The second kappa shape index (κ2) is 3.60. The normalized spacial score (nSPS) is 25.6. The van der Waals surface area contributed by atoms with Crippen LogP contribution in [-0.4, -0.2) is 27.7 Å². The monoisotopic (exact) mass is 198 g/mol. The predicted octanol–water partition coefficient (Wildman–Crippen LogP) is -0.756. The maximum atomic E-state index is 10.8. The average Bonchev–Trinajstić information content (AvgIpc) is 2.17. The summed E-state index contributed by atoms with van der Waals surface area (Å²) in [5, 5.41) is 17.4. The highest BCUT2D eigenvalue weighted by atomic mass is 16.4. The standard InChI is InChI=1S/C8H10N2O4/c9-10-8(7(13)14)3-1-5(2-4-8)6(11)12/h1-3,10H,4,9H2,(H,11,12)(H,13,14). The first-order valence-corrected chi connectivity index (χ1v) is 3.86. The third-order valence-electron chi connectivity index (χ3n) is 2.08. The maximum absolute atomic E-state index is 10.8. The molecule has 1 atom stereocenters. The van der Waals surface area contributed by atoms with Gasteiger partial charge < -0.3 is 10.2 Å². The molecule has 0 radical (unpaired) electrons. The highest BCUT2D eigenvalue weighted by Crippen LogP contribution is 2.20. The Labute approximate surface area is 79.7 Å². The van der Waals surface area contributed by atoms with Crippen molar-refractivity contribution < 1.29 is 19.8 Å². The van der Waals surface area contributed by atoms with E-state index in [2.05, 4.69) is 5.43 Å². The highest BCUT2D eigenvalue weighted by molar-refractivity contribution is 5.92. The van der Waals surface area contributed by atoms with E-state index in [1.807, 2.05) is 0 Å². The predicted molar refractivity (Wildman–Crippen MR) is 47.2 cm³/mol. The molecule has 0 aliphatic heterocycles. The molecule has 0 saturated carbocycles. The number of hydrazine groups is 1. The van der Waals surface area contributed by atoms with Crippen molar-refractivity contribution in [1.29, 1.82) is 0 Å². The van der Waals surface area contributed by atoms with Crippen LogP contribution in [0.5, 0.6) is 0 Å². The van der Waals surface area contributed by atoms with Gasteiger partial charge in [-0.05, 0) is 6.08 Å². The maximum Gasteiger partial charge on any atom is 0.335 e. The van der Waals surface area contributed by atoms with E-state index in [1.165, 1.54) is 18.2 Å². The zero-order chi connectivity index (χ0) is 10.8. The minimum Gasteiger partial charge on any atom is -0.480 e. The Morgan fingerprint density at radius 1 is 1.50 bits per heavy atom. The number of aliphatic carboxylic acids is 2. The van der Waals surface area contributed by atoms with Gasteiger partial charge in [0.2, 0.25) is 0 Å². The fourth-order valence-electron chi connectivity index (χ4n) is 1.13. The minimum atomic E-state index is -1.39. The first-order valence-electron chi connectivity index (χ1n) is 3.86. The van der Waals surface area contributed by atoms with Crippen molar-refractivity contribution in [2.45, 2.75) is 12.0 Å². The van der Waals surface area contributed by atoms with Crippen molar-refractivity contribution in [2.75, 3.05) is 0 Å². The van der Waals surface area contributed by atoms with Gasteiger partial charge in [0.1, 0.15) is 0 Å². The molecule has 0 heterocycles. The van der Waals surface area contributed by atoms with E-state index < -0.39 is 17.5 Å². The molecule has 6 heteroatoms. The summed E-state index contributed by atoms with van der Waals surface area (Å²) in [7, 11) is 0. The molecule has 0 spiro atoms. The molecule has 1 aliphatic carbocycles. The van der Waals surface area contributed by atoms with Crippen molar-refractivity contribution in [3.8, 4) is 0 Å². The number of carboxylic acids is 2. The van der Waals surface area contributed by atoms with Crippen LogP contribution in [0.25, 0.3) is 0 Å². The lowest BCUT2D eigenvalue weighted by atomic mass is 9.89. The van der Waals surface area contributed by atoms with Crippen molar-refractivity contribution >= 4 is 11.9 Å². The van der Waals surface area contributed by atoms with Gasteiger partial charge in [0.15, 0.2) is 5.54 Å². The van der Waals surface area contributed by atoms with Gasteiger partial charge in [0.05, 0.1) is 5.57 Å². The fraction of sp³-hybridized carbons (Fsp3) is 0.250. The van der Waals surface area contributed by atoms with Crippen LogP contribution in [0.2, 0.25) is 0 Å². The molecule has 0 amide bonds. The smallest absolute Gasteiger partial charge is 0.335 e. The molecule has 0 aromatic rings. The second-order valence-electron chi connectivity index (χ2n) is 2.92. The molecule has 1 unspecified atom stereocenters. The molecule has 0 bridgehead atoms. The number of rotatable bonds is 3. The van der Waals surface area contributed by atoms with Crippen molar-refractivity contribution in [1.82, 2.24) is 5.43 Å². The van der Waals surface area contributed by atoms with Crippen LogP contribution in [0.4, 0.5) is 0 Å². The number of nitrogens with one attached hydrogen (secondary N) is 1. The van der Waals surface area contributed by atoms with Gasteiger partial charge in [-0.2, -0.15) is 0 Å². The lowest BCUT2D eigenvalue weighted by Crippen LogP contribution is -2.54. The highest BCUT2D eigenvalue weighted by Gasteiger charge is 2.35. The Balaban J connectivity index is 2.90. The van der Waals surface area contributed by atoms with Gasteiger partial charge in [-0.25, -0.2) is 15.0 Å². The Morgan fingerprint density at radius 3 is 2.43 bits per heavy atom. The molecule has 76 valence electrons. The summed E-state index contributed by atoms with van der Waals surface area (Å²) >= 11 is 0. The van der Waals surface area contributed by atoms with Crippen LogP contribution >= 0.6 is 0 Å².